The molecule has 1 saturated carbocycles. The van der Waals surface area contributed by atoms with Crippen molar-refractivity contribution < 1.29 is 9.15 Å². The van der Waals surface area contributed by atoms with Gasteiger partial charge >= 0.3 is 0 Å². The van der Waals surface area contributed by atoms with E-state index >= 15 is 0 Å². The van der Waals surface area contributed by atoms with Gasteiger partial charge in [-0.1, -0.05) is 18.2 Å². The maximum atomic E-state index is 5.92. The fraction of sp³-hybridized carbons (Fsp3) is 0.526. The molecule has 1 aliphatic rings. The molecule has 5 nitrogen and oxygen atoms in total. The minimum Gasteiger partial charge on any atom is -0.459 e. The number of fused-ring (bicyclic) bond motifs is 1. The summed E-state index contributed by atoms with van der Waals surface area (Å²) in [5, 5.41) is 7.73. The van der Waals surface area contributed by atoms with Gasteiger partial charge in [0.25, 0.3) is 0 Å². The second-order valence-electron chi connectivity index (χ2n) is 6.29. The summed E-state index contributed by atoms with van der Waals surface area (Å²) in [6.07, 6.45) is 2.66. The average Bonchev–Trinajstić information content (AvgIpc) is 3.36. The molecule has 0 saturated heterocycles. The lowest BCUT2D eigenvalue weighted by molar-refractivity contribution is 0.129. The summed E-state index contributed by atoms with van der Waals surface area (Å²) in [4.78, 5) is 4.63. The molecule has 2 N–H and O–H groups in total. The Labute approximate surface area is 143 Å². The molecule has 3 rings (SSSR count). The van der Waals surface area contributed by atoms with Crippen LogP contribution in [-0.2, 0) is 11.3 Å². The quantitative estimate of drug-likeness (QED) is 0.443. The van der Waals surface area contributed by atoms with Crippen LogP contribution < -0.4 is 10.6 Å². The molecular weight excluding hydrogens is 302 g/mol. The average molecular weight is 329 g/mol. The van der Waals surface area contributed by atoms with Crippen LogP contribution in [0.15, 0.2) is 33.7 Å². The van der Waals surface area contributed by atoms with Crippen LogP contribution >= 0.6 is 0 Å². The predicted molar refractivity (Wildman–Crippen MR) is 97.3 cm³/mol. The molecule has 1 fully saturated rings. The second kappa shape index (κ2) is 8.20. The lowest BCUT2D eigenvalue weighted by Gasteiger charge is -2.11. The molecule has 1 aromatic heterocycles. The molecule has 0 spiro atoms. The van der Waals surface area contributed by atoms with Gasteiger partial charge in [-0.3, -0.25) is 0 Å². The van der Waals surface area contributed by atoms with E-state index in [0.29, 0.717) is 13.2 Å². The third-order valence-electron chi connectivity index (χ3n) is 4.26. The fourth-order valence-corrected chi connectivity index (χ4v) is 2.64. The molecule has 130 valence electrons. The standard InChI is InChI=1S/C19H27N3O2/c1-3-20-19(21-10-11-23-13-15-8-9-15)22-12-18-14(2)16-6-4-5-7-17(16)24-18/h4-7,15H,3,8-13H2,1-2H3,(H2,20,21,22). The zero-order chi connectivity index (χ0) is 16.8. The van der Waals surface area contributed by atoms with Crippen molar-refractivity contribution in [2.45, 2.75) is 33.2 Å². The van der Waals surface area contributed by atoms with E-state index in [0.717, 1.165) is 53.9 Å². The summed E-state index contributed by atoms with van der Waals surface area (Å²) in [5.74, 6) is 2.52. The third-order valence-corrected chi connectivity index (χ3v) is 4.26. The molecule has 1 heterocycles. The number of para-hydroxylation sites is 1. The number of aryl methyl sites for hydroxylation is 1. The van der Waals surface area contributed by atoms with E-state index in [2.05, 4.69) is 35.5 Å². The zero-order valence-electron chi connectivity index (χ0n) is 14.6. The first-order valence-electron chi connectivity index (χ1n) is 8.85. The molecule has 1 aliphatic carbocycles. The molecule has 0 unspecified atom stereocenters. The SMILES string of the molecule is CCNC(=NCc1oc2ccccc2c1C)NCCOCC1CC1. The predicted octanol–water partition coefficient (Wildman–Crippen LogP) is 3.22. The van der Waals surface area contributed by atoms with Crippen LogP contribution in [0.4, 0.5) is 0 Å². The molecule has 0 radical (unpaired) electrons. The van der Waals surface area contributed by atoms with Gasteiger partial charge in [-0.05, 0) is 38.7 Å². The Hall–Kier alpha value is -2.01. The summed E-state index contributed by atoms with van der Waals surface area (Å²) in [6, 6.07) is 8.11. The van der Waals surface area contributed by atoms with Crippen molar-refractivity contribution in [2.24, 2.45) is 10.9 Å². The molecule has 5 heteroatoms. The Morgan fingerprint density at radius 2 is 2.12 bits per heavy atom. The van der Waals surface area contributed by atoms with Crippen molar-refractivity contribution in [1.29, 1.82) is 0 Å². The van der Waals surface area contributed by atoms with E-state index in [1.54, 1.807) is 0 Å². The van der Waals surface area contributed by atoms with Crippen LogP contribution in [0.3, 0.4) is 0 Å². The number of nitrogens with one attached hydrogen (secondary N) is 2. The third kappa shape index (κ3) is 4.51. The number of hydrogen-bond donors (Lipinski definition) is 2. The second-order valence-corrected chi connectivity index (χ2v) is 6.29. The maximum Gasteiger partial charge on any atom is 0.191 e. The van der Waals surface area contributed by atoms with Crippen LogP contribution in [0.5, 0.6) is 0 Å². The number of furan rings is 1. The number of benzene rings is 1. The minimum atomic E-state index is 0.527. The summed E-state index contributed by atoms with van der Waals surface area (Å²) < 4.78 is 11.6. The van der Waals surface area contributed by atoms with E-state index < -0.39 is 0 Å². The highest BCUT2D eigenvalue weighted by molar-refractivity contribution is 5.82. The van der Waals surface area contributed by atoms with Crippen LogP contribution in [0.25, 0.3) is 11.0 Å². The minimum absolute atomic E-state index is 0.527. The first-order chi connectivity index (χ1) is 11.8. The maximum absolute atomic E-state index is 5.92. The number of hydrogen-bond acceptors (Lipinski definition) is 3. The number of guanidine groups is 1. The molecule has 0 amide bonds. The Morgan fingerprint density at radius 1 is 1.29 bits per heavy atom. The highest BCUT2D eigenvalue weighted by atomic mass is 16.5. The van der Waals surface area contributed by atoms with E-state index in [1.165, 1.54) is 12.8 Å². The molecule has 24 heavy (non-hydrogen) atoms. The van der Waals surface area contributed by atoms with E-state index in [9.17, 15) is 0 Å². The number of aliphatic imine (C=N–C) groups is 1. The smallest absolute Gasteiger partial charge is 0.191 e. The molecule has 0 aliphatic heterocycles. The van der Waals surface area contributed by atoms with Gasteiger partial charge in [-0.25, -0.2) is 4.99 Å². The molecule has 1 aromatic carbocycles. The van der Waals surface area contributed by atoms with Crippen LogP contribution in [-0.4, -0.2) is 32.3 Å². The molecule has 0 bridgehead atoms. The van der Waals surface area contributed by atoms with Crippen molar-refractivity contribution >= 4 is 16.9 Å². The van der Waals surface area contributed by atoms with E-state index in [-0.39, 0.29) is 0 Å². The highest BCUT2D eigenvalue weighted by Crippen LogP contribution is 2.28. The van der Waals surface area contributed by atoms with Crippen molar-refractivity contribution in [3.63, 3.8) is 0 Å². The number of ether oxygens (including phenoxy) is 1. The molecule has 2 aromatic rings. The van der Waals surface area contributed by atoms with Gasteiger partial charge in [0.15, 0.2) is 5.96 Å². The molecule has 0 atom stereocenters. The topological polar surface area (TPSA) is 58.8 Å². The normalized spacial score (nSPS) is 15.0. The van der Waals surface area contributed by atoms with Gasteiger partial charge in [0.05, 0.1) is 6.61 Å². The van der Waals surface area contributed by atoms with Gasteiger partial charge in [-0.15, -0.1) is 0 Å². The monoisotopic (exact) mass is 329 g/mol. The fourth-order valence-electron chi connectivity index (χ4n) is 2.64. The van der Waals surface area contributed by atoms with Gasteiger partial charge in [0.1, 0.15) is 17.9 Å². The Balaban J connectivity index is 1.54. The number of nitrogens with zero attached hydrogens (tertiary/aromatic N) is 1. The van der Waals surface area contributed by atoms with Gasteiger partial charge in [0.2, 0.25) is 0 Å². The number of rotatable bonds is 8. The van der Waals surface area contributed by atoms with Crippen molar-refractivity contribution in [1.82, 2.24) is 10.6 Å². The summed E-state index contributed by atoms with van der Waals surface area (Å²) >= 11 is 0. The summed E-state index contributed by atoms with van der Waals surface area (Å²) in [5.41, 5.74) is 2.09. The van der Waals surface area contributed by atoms with Crippen molar-refractivity contribution in [2.75, 3.05) is 26.3 Å². The van der Waals surface area contributed by atoms with E-state index in [1.807, 2.05) is 18.2 Å². The van der Waals surface area contributed by atoms with Crippen LogP contribution in [0.2, 0.25) is 0 Å². The highest BCUT2D eigenvalue weighted by Gasteiger charge is 2.20. The first-order valence-corrected chi connectivity index (χ1v) is 8.85. The zero-order valence-corrected chi connectivity index (χ0v) is 14.6. The van der Waals surface area contributed by atoms with Gasteiger partial charge < -0.3 is 19.8 Å². The van der Waals surface area contributed by atoms with E-state index in [4.69, 9.17) is 9.15 Å². The summed E-state index contributed by atoms with van der Waals surface area (Å²) in [6.45, 7) is 7.87. The first kappa shape index (κ1) is 16.8. The Bertz CT molecular complexity index is 689. The van der Waals surface area contributed by atoms with Crippen molar-refractivity contribution in [3.05, 3.63) is 35.6 Å². The lowest BCUT2D eigenvalue weighted by Crippen LogP contribution is -2.39. The Kier molecular flexibility index (Phi) is 5.75. The van der Waals surface area contributed by atoms with Gasteiger partial charge in [-0.2, -0.15) is 0 Å². The lowest BCUT2D eigenvalue weighted by atomic mass is 10.1. The summed E-state index contributed by atoms with van der Waals surface area (Å²) in [7, 11) is 0. The van der Waals surface area contributed by atoms with Crippen LogP contribution in [0.1, 0.15) is 31.1 Å². The Morgan fingerprint density at radius 3 is 2.88 bits per heavy atom. The van der Waals surface area contributed by atoms with Crippen molar-refractivity contribution in [3.8, 4) is 0 Å². The van der Waals surface area contributed by atoms with Gasteiger partial charge in [0, 0.05) is 30.6 Å². The molecular formula is C19H27N3O2. The van der Waals surface area contributed by atoms with Crippen LogP contribution in [0, 0.1) is 12.8 Å². The largest absolute Gasteiger partial charge is 0.459 e.